The molecular formula is C21H22N4O2. The maximum Gasteiger partial charge on any atom is 0.340 e. The Morgan fingerprint density at radius 1 is 0.926 bits per heavy atom. The summed E-state index contributed by atoms with van der Waals surface area (Å²) in [5.74, 6) is 1.51. The van der Waals surface area contributed by atoms with Crippen LogP contribution in [0.3, 0.4) is 0 Å². The van der Waals surface area contributed by atoms with Crippen LogP contribution in [-0.4, -0.2) is 22.5 Å². The fourth-order valence-electron chi connectivity index (χ4n) is 2.66. The van der Waals surface area contributed by atoms with Crippen LogP contribution in [0.15, 0.2) is 54.6 Å². The number of carbonyl (C=O) groups excluding carboxylic acids is 1. The molecule has 138 valence electrons. The fraction of sp³-hybridized carbons (Fsp3) is 0.190. The number of rotatable bonds is 6. The second kappa shape index (κ2) is 8.31. The van der Waals surface area contributed by atoms with E-state index >= 15 is 0 Å². The van der Waals surface area contributed by atoms with Gasteiger partial charge in [-0.05, 0) is 44.5 Å². The van der Waals surface area contributed by atoms with Crippen molar-refractivity contribution in [2.45, 2.75) is 20.8 Å². The lowest BCUT2D eigenvalue weighted by atomic mass is 10.2. The number of para-hydroxylation sites is 2. The quantitative estimate of drug-likeness (QED) is 0.616. The molecule has 6 nitrogen and oxygen atoms in total. The van der Waals surface area contributed by atoms with Crippen molar-refractivity contribution < 1.29 is 9.53 Å². The van der Waals surface area contributed by atoms with Crippen LogP contribution in [0.1, 0.15) is 28.7 Å². The van der Waals surface area contributed by atoms with Gasteiger partial charge in [0.05, 0.1) is 17.9 Å². The molecule has 0 fully saturated rings. The molecule has 1 heterocycles. The Kier molecular flexibility index (Phi) is 5.66. The molecule has 2 aromatic carbocycles. The molecule has 0 aliphatic heterocycles. The van der Waals surface area contributed by atoms with Gasteiger partial charge in [-0.15, -0.1) is 0 Å². The molecule has 0 spiro atoms. The van der Waals surface area contributed by atoms with Crippen LogP contribution in [0.2, 0.25) is 0 Å². The number of hydrogen-bond donors (Lipinski definition) is 2. The van der Waals surface area contributed by atoms with Gasteiger partial charge in [0.1, 0.15) is 17.5 Å². The molecule has 2 N–H and O–H groups in total. The Balaban J connectivity index is 1.88. The van der Waals surface area contributed by atoms with E-state index in [-0.39, 0.29) is 5.97 Å². The van der Waals surface area contributed by atoms with Crippen molar-refractivity contribution in [3.63, 3.8) is 0 Å². The zero-order valence-corrected chi connectivity index (χ0v) is 15.6. The predicted molar refractivity (Wildman–Crippen MR) is 107 cm³/mol. The van der Waals surface area contributed by atoms with Crippen molar-refractivity contribution in [1.29, 1.82) is 0 Å². The minimum atomic E-state index is -0.371. The molecule has 0 amide bonds. The van der Waals surface area contributed by atoms with E-state index in [9.17, 15) is 4.79 Å². The maximum atomic E-state index is 12.2. The third kappa shape index (κ3) is 4.61. The minimum Gasteiger partial charge on any atom is -0.462 e. The van der Waals surface area contributed by atoms with Crippen LogP contribution < -0.4 is 10.6 Å². The predicted octanol–water partition coefficient (Wildman–Crippen LogP) is 4.76. The number of aromatic nitrogens is 2. The van der Waals surface area contributed by atoms with E-state index in [0.717, 1.165) is 11.3 Å². The van der Waals surface area contributed by atoms with Gasteiger partial charge in [0.25, 0.3) is 0 Å². The van der Waals surface area contributed by atoms with Crippen LogP contribution in [0.25, 0.3) is 0 Å². The SMILES string of the molecule is CCOC(=O)c1ccccc1Nc1cc(Nc2ccccc2C)nc(C)n1. The molecule has 3 aromatic rings. The molecule has 0 aliphatic rings. The van der Waals surface area contributed by atoms with E-state index in [2.05, 4.69) is 20.6 Å². The van der Waals surface area contributed by atoms with E-state index in [1.54, 1.807) is 25.1 Å². The lowest BCUT2D eigenvalue weighted by molar-refractivity contribution is 0.0527. The number of esters is 1. The van der Waals surface area contributed by atoms with Crippen LogP contribution >= 0.6 is 0 Å². The van der Waals surface area contributed by atoms with Gasteiger partial charge < -0.3 is 15.4 Å². The molecule has 6 heteroatoms. The normalized spacial score (nSPS) is 10.3. The Bertz CT molecular complexity index is 956. The first-order chi connectivity index (χ1) is 13.1. The average Bonchev–Trinajstić information content (AvgIpc) is 2.64. The van der Waals surface area contributed by atoms with Crippen LogP contribution in [-0.2, 0) is 4.74 Å². The van der Waals surface area contributed by atoms with E-state index < -0.39 is 0 Å². The number of carbonyl (C=O) groups is 1. The van der Waals surface area contributed by atoms with E-state index in [1.165, 1.54) is 0 Å². The number of benzene rings is 2. The lowest BCUT2D eigenvalue weighted by Gasteiger charge is -2.13. The second-order valence-electron chi connectivity index (χ2n) is 6.02. The smallest absolute Gasteiger partial charge is 0.340 e. The standard InChI is InChI=1S/C21H22N4O2/c1-4-27-21(26)16-10-6-8-12-18(16)25-20-13-19(22-15(3)23-20)24-17-11-7-5-9-14(17)2/h5-13H,4H2,1-3H3,(H2,22,23,24,25). The highest BCUT2D eigenvalue weighted by atomic mass is 16.5. The van der Waals surface area contributed by atoms with Crippen LogP contribution in [0.4, 0.5) is 23.0 Å². The summed E-state index contributed by atoms with van der Waals surface area (Å²) in [4.78, 5) is 21.0. The summed E-state index contributed by atoms with van der Waals surface area (Å²) < 4.78 is 5.12. The molecule has 27 heavy (non-hydrogen) atoms. The average molecular weight is 362 g/mol. The largest absolute Gasteiger partial charge is 0.462 e. The summed E-state index contributed by atoms with van der Waals surface area (Å²) in [6, 6.07) is 17.0. The summed E-state index contributed by atoms with van der Waals surface area (Å²) in [5.41, 5.74) is 3.20. The van der Waals surface area contributed by atoms with Crippen LogP contribution in [0.5, 0.6) is 0 Å². The number of nitrogens with one attached hydrogen (secondary N) is 2. The monoisotopic (exact) mass is 362 g/mol. The van der Waals surface area contributed by atoms with Gasteiger partial charge in [-0.2, -0.15) is 0 Å². The van der Waals surface area contributed by atoms with Crippen molar-refractivity contribution >= 4 is 29.0 Å². The zero-order valence-electron chi connectivity index (χ0n) is 15.6. The molecule has 0 radical (unpaired) electrons. The molecule has 0 bridgehead atoms. The highest BCUT2D eigenvalue weighted by molar-refractivity contribution is 5.96. The Hall–Kier alpha value is -3.41. The first kappa shape index (κ1) is 18.4. The number of hydrogen-bond acceptors (Lipinski definition) is 6. The summed E-state index contributed by atoms with van der Waals surface area (Å²) in [6.45, 7) is 5.96. The number of aryl methyl sites for hydroxylation is 2. The van der Waals surface area contributed by atoms with Crippen molar-refractivity contribution in [2.75, 3.05) is 17.2 Å². The molecule has 0 saturated heterocycles. The van der Waals surface area contributed by atoms with E-state index in [0.29, 0.717) is 35.3 Å². The Morgan fingerprint density at radius 3 is 2.19 bits per heavy atom. The van der Waals surface area contributed by atoms with Crippen molar-refractivity contribution in [3.05, 3.63) is 71.5 Å². The molecular weight excluding hydrogens is 340 g/mol. The molecule has 1 aromatic heterocycles. The van der Waals surface area contributed by atoms with Crippen LogP contribution in [0, 0.1) is 13.8 Å². The Morgan fingerprint density at radius 2 is 1.52 bits per heavy atom. The van der Waals surface area contributed by atoms with Crippen molar-refractivity contribution in [1.82, 2.24) is 9.97 Å². The third-order valence-corrected chi connectivity index (χ3v) is 3.93. The van der Waals surface area contributed by atoms with Gasteiger partial charge in [0, 0.05) is 11.8 Å². The first-order valence-corrected chi connectivity index (χ1v) is 8.78. The summed E-state index contributed by atoms with van der Waals surface area (Å²) in [5, 5.41) is 6.52. The molecule has 3 rings (SSSR count). The molecule has 0 atom stereocenters. The van der Waals surface area contributed by atoms with Gasteiger partial charge >= 0.3 is 5.97 Å². The van der Waals surface area contributed by atoms with Gasteiger partial charge in [-0.1, -0.05) is 30.3 Å². The van der Waals surface area contributed by atoms with E-state index in [1.807, 2.05) is 50.2 Å². The number of anilines is 4. The zero-order chi connectivity index (χ0) is 19.2. The minimum absolute atomic E-state index is 0.324. The maximum absolute atomic E-state index is 12.2. The highest BCUT2D eigenvalue weighted by Gasteiger charge is 2.13. The summed E-state index contributed by atoms with van der Waals surface area (Å²) >= 11 is 0. The number of ether oxygens (including phenoxy) is 1. The lowest BCUT2D eigenvalue weighted by Crippen LogP contribution is -2.09. The van der Waals surface area contributed by atoms with Gasteiger partial charge in [0.15, 0.2) is 0 Å². The summed E-state index contributed by atoms with van der Waals surface area (Å²) in [6.07, 6.45) is 0. The van der Waals surface area contributed by atoms with Gasteiger partial charge in [-0.3, -0.25) is 0 Å². The summed E-state index contributed by atoms with van der Waals surface area (Å²) in [7, 11) is 0. The van der Waals surface area contributed by atoms with Gasteiger partial charge in [0.2, 0.25) is 0 Å². The topological polar surface area (TPSA) is 76.1 Å². The van der Waals surface area contributed by atoms with Gasteiger partial charge in [-0.25, -0.2) is 14.8 Å². The Labute approximate surface area is 158 Å². The van der Waals surface area contributed by atoms with Crippen molar-refractivity contribution in [3.8, 4) is 0 Å². The first-order valence-electron chi connectivity index (χ1n) is 8.78. The number of nitrogens with zero attached hydrogens (tertiary/aromatic N) is 2. The van der Waals surface area contributed by atoms with E-state index in [4.69, 9.17) is 4.74 Å². The molecule has 0 saturated carbocycles. The highest BCUT2D eigenvalue weighted by Crippen LogP contribution is 2.24. The second-order valence-corrected chi connectivity index (χ2v) is 6.02. The fourth-order valence-corrected chi connectivity index (χ4v) is 2.66. The van der Waals surface area contributed by atoms with Crippen molar-refractivity contribution in [2.24, 2.45) is 0 Å². The third-order valence-electron chi connectivity index (χ3n) is 3.93. The molecule has 0 unspecified atom stereocenters. The molecule has 0 aliphatic carbocycles.